The van der Waals surface area contributed by atoms with E-state index >= 15 is 0 Å². The maximum absolute atomic E-state index is 12.2. The third-order valence-electron chi connectivity index (χ3n) is 3.01. The quantitative estimate of drug-likeness (QED) is 0.640. The largest absolute Gasteiger partial charge is 0.411 e. The lowest BCUT2D eigenvalue weighted by molar-refractivity contribution is -0.121. The van der Waals surface area contributed by atoms with Crippen molar-refractivity contribution >= 4 is 33.2 Å². The van der Waals surface area contributed by atoms with E-state index in [0.717, 1.165) is 15.7 Å². The number of rotatable bonds is 1. The Morgan fingerprint density at radius 1 is 1.50 bits per heavy atom. The van der Waals surface area contributed by atoms with Gasteiger partial charge in [-0.1, -0.05) is 34.9 Å². The van der Waals surface area contributed by atoms with Gasteiger partial charge in [-0.2, -0.15) is 0 Å². The fourth-order valence-corrected chi connectivity index (χ4v) is 2.45. The van der Waals surface area contributed by atoms with Crippen LogP contribution < -0.4 is 4.90 Å². The molecule has 0 fully saturated rings. The number of oxime groups is 1. The average Bonchev–Trinajstić information content (AvgIpc) is 2.36. The molecule has 1 amide bonds. The van der Waals surface area contributed by atoms with Crippen LogP contribution in [0.1, 0.15) is 25.8 Å². The Morgan fingerprint density at radius 3 is 2.83 bits per heavy atom. The molecular formula is C13H15BrN2O2. The van der Waals surface area contributed by atoms with Crippen LogP contribution in [0.4, 0.5) is 5.69 Å². The molecular weight excluding hydrogens is 296 g/mol. The van der Waals surface area contributed by atoms with Gasteiger partial charge in [0.15, 0.2) is 0 Å². The first-order valence-corrected chi connectivity index (χ1v) is 6.66. The van der Waals surface area contributed by atoms with Gasteiger partial charge >= 0.3 is 0 Å². The van der Waals surface area contributed by atoms with Gasteiger partial charge in [0.25, 0.3) is 0 Å². The smallest absolute Gasteiger partial charge is 0.229 e. The zero-order chi connectivity index (χ0) is 13.3. The van der Waals surface area contributed by atoms with Crippen molar-refractivity contribution in [2.24, 2.45) is 11.1 Å². The zero-order valence-electron chi connectivity index (χ0n) is 10.4. The number of hydrogen-bond acceptors (Lipinski definition) is 3. The first-order valence-electron chi connectivity index (χ1n) is 5.87. The molecule has 96 valence electrons. The minimum atomic E-state index is -0.0471. The van der Waals surface area contributed by atoms with E-state index in [-0.39, 0.29) is 11.8 Å². The molecule has 0 saturated heterocycles. The summed E-state index contributed by atoms with van der Waals surface area (Å²) in [6, 6.07) is 5.65. The second-order valence-electron chi connectivity index (χ2n) is 4.60. The predicted octanol–water partition coefficient (Wildman–Crippen LogP) is 3.02. The van der Waals surface area contributed by atoms with Gasteiger partial charge < -0.3 is 10.1 Å². The highest BCUT2D eigenvalue weighted by Crippen LogP contribution is 2.31. The number of anilines is 1. The summed E-state index contributed by atoms with van der Waals surface area (Å²) in [5.74, 6) is 0.0460. The molecule has 1 heterocycles. The molecule has 1 N–H and O–H groups in total. The summed E-state index contributed by atoms with van der Waals surface area (Å²) in [6.07, 6.45) is 0.568. The molecule has 2 rings (SSSR count). The molecule has 1 aromatic rings. The molecule has 0 spiro atoms. The number of amides is 1. The van der Waals surface area contributed by atoms with E-state index in [1.807, 2.05) is 32.0 Å². The van der Waals surface area contributed by atoms with E-state index in [2.05, 4.69) is 21.1 Å². The van der Waals surface area contributed by atoms with E-state index in [4.69, 9.17) is 5.21 Å². The van der Waals surface area contributed by atoms with Crippen molar-refractivity contribution < 1.29 is 10.0 Å². The highest BCUT2D eigenvalue weighted by molar-refractivity contribution is 9.10. The van der Waals surface area contributed by atoms with Crippen LogP contribution in [0.15, 0.2) is 27.8 Å². The first-order chi connectivity index (χ1) is 8.54. The van der Waals surface area contributed by atoms with Crippen molar-refractivity contribution in [1.82, 2.24) is 0 Å². The molecule has 5 heteroatoms. The number of benzene rings is 1. The number of hydrogen-bond donors (Lipinski definition) is 1. The van der Waals surface area contributed by atoms with E-state index < -0.39 is 0 Å². The van der Waals surface area contributed by atoms with Gasteiger partial charge in [0.05, 0.1) is 11.4 Å². The Bertz CT molecular complexity index is 512. The van der Waals surface area contributed by atoms with Gasteiger partial charge in [-0.05, 0) is 18.2 Å². The SMILES string of the molecule is CC(C)C(=O)N1CC/C(=N\O)c2cc(Br)ccc21. The van der Waals surface area contributed by atoms with Crippen molar-refractivity contribution in [1.29, 1.82) is 0 Å². The first kappa shape index (κ1) is 13.1. The van der Waals surface area contributed by atoms with E-state index in [1.165, 1.54) is 0 Å². The molecule has 1 aliphatic rings. The molecule has 0 radical (unpaired) electrons. The Kier molecular flexibility index (Phi) is 3.71. The standard InChI is InChI=1S/C13H15BrN2O2/c1-8(2)13(17)16-6-5-11(15-18)10-7-9(14)3-4-12(10)16/h3-4,7-8,18H,5-6H2,1-2H3/b15-11+. The van der Waals surface area contributed by atoms with Gasteiger partial charge in [0, 0.05) is 28.9 Å². The van der Waals surface area contributed by atoms with Gasteiger partial charge in [-0.3, -0.25) is 4.79 Å². The molecule has 1 aliphatic heterocycles. The van der Waals surface area contributed by atoms with Gasteiger partial charge in [0.2, 0.25) is 5.91 Å². The number of carbonyl (C=O) groups is 1. The summed E-state index contributed by atoms with van der Waals surface area (Å²) >= 11 is 3.39. The van der Waals surface area contributed by atoms with Crippen molar-refractivity contribution in [3.63, 3.8) is 0 Å². The van der Waals surface area contributed by atoms with Crippen molar-refractivity contribution in [2.45, 2.75) is 20.3 Å². The second kappa shape index (κ2) is 5.10. The number of nitrogens with zero attached hydrogens (tertiary/aromatic N) is 2. The molecule has 0 aliphatic carbocycles. The molecule has 0 unspecified atom stereocenters. The third-order valence-corrected chi connectivity index (χ3v) is 3.51. The Morgan fingerprint density at radius 2 is 2.22 bits per heavy atom. The van der Waals surface area contributed by atoms with Crippen molar-refractivity contribution in [3.05, 3.63) is 28.2 Å². The highest BCUT2D eigenvalue weighted by atomic mass is 79.9. The Hall–Kier alpha value is -1.36. The normalized spacial score (nSPS) is 17.1. The molecule has 0 bridgehead atoms. The van der Waals surface area contributed by atoms with E-state index in [0.29, 0.717) is 18.7 Å². The predicted molar refractivity (Wildman–Crippen MR) is 74.3 cm³/mol. The zero-order valence-corrected chi connectivity index (χ0v) is 11.9. The lowest BCUT2D eigenvalue weighted by Crippen LogP contribution is -2.39. The molecule has 18 heavy (non-hydrogen) atoms. The Balaban J connectivity index is 2.50. The van der Waals surface area contributed by atoms with Crippen LogP contribution in [-0.4, -0.2) is 23.4 Å². The van der Waals surface area contributed by atoms with Gasteiger partial charge in [-0.25, -0.2) is 0 Å². The van der Waals surface area contributed by atoms with Gasteiger partial charge in [0.1, 0.15) is 0 Å². The van der Waals surface area contributed by atoms with Crippen LogP contribution >= 0.6 is 15.9 Å². The highest BCUT2D eigenvalue weighted by Gasteiger charge is 2.27. The summed E-state index contributed by atoms with van der Waals surface area (Å²) < 4.78 is 0.904. The minimum absolute atomic E-state index is 0.0471. The lowest BCUT2D eigenvalue weighted by atomic mass is 9.98. The fraction of sp³-hybridized carbons (Fsp3) is 0.385. The Labute approximate surface area is 114 Å². The van der Waals surface area contributed by atoms with Gasteiger partial charge in [-0.15, -0.1) is 0 Å². The molecule has 0 saturated carbocycles. The molecule has 0 atom stereocenters. The fourth-order valence-electron chi connectivity index (χ4n) is 2.09. The summed E-state index contributed by atoms with van der Waals surface area (Å²) in [6.45, 7) is 4.33. The summed E-state index contributed by atoms with van der Waals surface area (Å²) in [4.78, 5) is 13.9. The third kappa shape index (κ3) is 2.27. The second-order valence-corrected chi connectivity index (χ2v) is 5.52. The topological polar surface area (TPSA) is 52.9 Å². The van der Waals surface area contributed by atoms with E-state index in [1.54, 1.807) is 4.90 Å². The van der Waals surface area contributed by atoms with Crippen LogP contribution in [0.2, 0.25) is 0 Å². The number of fused-ring (bicyclic) bond motifs is 1. The maximum Gasteiger partial charge on any atom is 0.229 e. The lowest BCUT2D eigenvalue weighted by Gasteiger charge is -2.31. The summed E-state index contributed by atoms with van der Waals surface area (Å²) in [5.41, 5.74) is 2.25. The average molecular weight is 311 g/mol. The van der Waals surface area contributed by atoms with E-state index in [9.17, 15) is 4.79 Å². The van der Waals surface area contributed by atoms with Crippen molar-refractivity contribution in [2.75, 3.05) is 11.4 Å². The number of halogens is 1. The van der Waals surface area contributed by atoms with Crippen LogP contribution in [0, 0.1) is 5.92 Å². The summed E-state index contributed by atoms with van der Waals surface area (Å²) in [7, 11) is 0. The maximum atomic E-state index is 12.2. The summed E-state index contributed by atoms with van der Waals surface area (Å²) in [5, 5.41) is 12.4. The number of carbonyl (C=O) groups excluding carboxylic acids is 1. The molecule has 1 aromatic carbocycles. The molecule has 0 aromatic heterocycles. The van der Waals surface area contributed by atoms with Crippen LogP contribution in [0.3, 0.4) is 0 Å². The van der Waals surface area contributed by atoms with Crippen LogP contribution in [-0.2, 0) is 4.79 Å². The monoisotopic (exact) mass is 310 g/mol. The van der Waals surface area contributed by atoms with Crippen molar-refractivity contribution in [3.8, 4) is 0 Å². The van der Waals surface area contributed by atoms with Crippen LogP contribution in [0.25, 0.3) is 0 Å². The van der Waals surface area contributed by atoms with Crippen LogP contribution in [0.5, 0.6) is 0 Å². The minimum Gasteiger partial charge on any atom is -0.411 e. The molecule has 4 nitrogen and oxygen atoms in total.